The molecule has 0 aliphatic carbocycles. The fourth-order valence-corrected chi connectivity index (χ4v) is 2.41. The number of nitrogens with zero attached hydrogens (tertiary/aromatic N) is 1. The summed E-state index contributed by atoms with van der Waals surface area (Å²) in [6, 6.07) is 4.31. The Morgan fingerprint density at radius 3 is 2.04 bits per heavy atom. The normalized spacial score (nSPS) is 14.2. The van der Waals surface area contributed by atoms with Gasteiger partial charge in [-0.1, -0.05) is 0 Å². The number of hydrogen-bond acceptors (Lipinski definition) is 6. The molecule has 2 atom stereocenters. The van der Waals surface area contributed by atoms with Gasteiger partial charge in [0.15, 0.2) is 0 Å². The molecule has 1 aromatic carbocycles. The number of aromatic hydroxyl groups is 1. The van der Waals surface area contributed by atoms with Gasteiger partial charge in [0.1, 0.15) is 5.75 Å². The number of nitrogens with one attached hydrogen (secondary N) is 2. The van der Waals surface area contributed by atoms with Gasteiger partial charge < -0.3 is 32.1 Å². The fourth-order valence-electron chi connectivity index (χ4n) is 2.41. The van der Waals surface area contributed by atoms with Crippen molar-refractivity contribution in [3.63, 3.8) is 0 Å². The van der Waals surface area contributed by atoms with E-state index in [0.717, 1.165) is 36.3 Å². The van der Waals surface area contributed by atoms with Crippen molar-refractivity contribution in [3.8, 4) is 5.75 Å². The number of benzene rings is 1. The molecule has 0 aliphatic rings. The van der Waals surface area contributed by atoms with Crippen molar-refractivity contribution in [1.82, 2.24) is 15.5 Å². The predicted octanol–water partition coefficient (Wildman–Crippen LogP) is 0.327. The maximum absolute atomic E-state index is 10.5. The van der Waals surface area contributed by atoms with Crippen LogP contribution in [0.25, 0.3) is 0 Å². The van der Waals surface area contributed by atoms with Gasteiger partial charge in [0.25, 0.3) is 0 Å². The molecule has 6 heteroatoms. The molecule has 0 amide bonds. The van der Waals surface area contributed by atoms with Gasteiger partial charge >= 0.3 is 0 Å². The van der Waals surface area contributed by atoms with E-state index in [0.29, 0.717) is 18.8 Å². The molecule has 1 aromatic rings. The third-order valence-corrected chi connectivity index (χ3v) is 3.39. The first-order valence-corrected chi connectivity index (χ1v) is 8.20. The summed E-state index contributed by atoms with van der Waals surface area (Å²) < 4.78 is 0. The molecule has 0 saturated heterocycles. The van der Waals surface area contributed by atoms with Crippen molar-refractivity contribution in [2.75, 3.05) is 27.2 Å². The van der Waals surface area contributed by atoms with Crippen molar-refractivity contribution in [1.29, 1.82) is 0 Å². The van der Waals surface area contributed by atoms with Gasteiger partial charge in [-0.25, -0.2) is 0 Å². The van der Waals surface area contributed by atoms with Crippen LogP contribution in [0, 0.1) is 0 Å². The standard InChI is InChI=1S/C17H33N5O/c1-12(18)7-20-9-14-5-15(10-21-8-13(2)19)17(23)16(6-14)11-22(3)4/h5-6,12-13,20-21,23H,7-11,18-19H2,1-4H3. The van der Waals surface area contributed by atoms with Crippen molar-refractivity contribution in [2.24, 2.45) is 11.5 Å². The van der Waals surface area contributed by atoms with Crippen LogP contribution in [0.2, 0.25) is 0 Å². The summed E-state index contributed by atoms with van der Waals surface area (Å²) >= 11 is 0. The van der Waals surface area contributed by atoms with Crippen LogP contribution in [0.1, 0.15) is 30.5 Å². The number of phenolic OH excluding ortho intramolecular Hbond substituents is 1. The van der Waals surface area contributed by atoms with Gasteiger partial charge in [-0.05, 0) is 45.6 Å². The average Bonchev–Trinajstić information content (AvgIpc) is 2.42. The minimum absolute atomic E-state index is 0.0919. The van der Waals surface area contributed by atoms with Gasteiger partial charge in [-0.15, -0.1) is 0 Å². The molecule has 0 fully saturated rings. The number of rotatable bonds is 10. The summed E-state index contributed by atoms with van der Waals surface area (Å²) in [5.41, 5.74) is 14.5. The molecular weight excluding hydrogens is 290 g/mol. The largest absolute Gasteiger partial charge is 0.507 e. The Bertz CT molecular complexity index is 474. The smallest absolute Gasteiger partial charge is 0.124 e. The van der Waals surface area contributed by atoms with E-state index in [2.05, 4.69) is 16.7 Å². The molecule has 7 N–H and O–H groups in total. The molecule has 0 saturated carbocycles. The van der Waals surface area contributed by atoms with E-state index in [9.17, 15) is 5.11 Å². The summed E-state index contributed by atoms with van der Waals surface area (Å²) in [6.07, 6.45) is 0. The van der Waals surface area contributed by atoms with Crippen molar-refractivity contribution >= 4 is 0 Å². The quantitative estimate of drug-likeness (QED) is 0.425. The minimum Gasteiger partial charge on any atom is -0.507 e. The minimum atomic E-state index is 0.0919. The number of nitrogens with two attached hydrogens (primary N) is 2. The molecule has 6 nitrogen and oxygen atoms in total. The van der Waals surface area contributed by atoms with E-state index in [-0.39, 0.29) is 12.1 Å². The molecular formula is C17H33N5O. The van der Waals surface area contributed by atoms with Crippen LogP contribution < -0.4 is 22.1 Å². The third-order valence-electron chi connectivity index (χ3n) is 3.39. The number of hydrogen-bond donors (Lipinski definition) is 5. The zero-order valence-corrected chi connectivity index (χ0v) is 14.9. The van der Waals surface area contributed by atoms with Crippen LogP contribution in [-0.2, 0) is 19.6 Å². The molecule has 132 valence electrons. The zero-order chi connectivity index (χ0) is 17.4. The molecule has 2 unspecified atom stereocenters. The first-order valence-electron chi connectivity index (χ1n) is 8.20. The molecule has 0 spiro atoms. The second kappa shape index (κ2) is 9.85. The molecule has 0 bridgehead atoms. The van der Waals surface area contributed by atoms with Crippen LogP contribution in [-0.4, -0.2) is 49.3 Å². The van der Waals surface area contributed by atoms with Crippen LogP contribution in [0.5, 0.6) is 5.75 Å². The lowest BCUT2D eigenvalue weighted by molar-refractivity contribution is 0.383. The van der Waals surface area contributed by atoms with Crippen molar-refractivity contribution in [3.05, 3.63) is 28.8 Å². The lowest BCUT2D eigenvalue weighted by Crippen LogP contribution is -2.31. The van der Waals surface area contributed by atoms with Crippen molar-refractivity contribution in [2.45, 2.75) is 45.6 Å². The van der Waals surface area contributed by atoms with Crippen LogP contribution >= 0.6 is 0 Å². The van der Waals surface area contributed by atoms with Gasteiger partial charge in [-0.2, -0.15) is 0 Å². The van der Waals surface area contributed by atoms with E-state index >= 15 is 0 Å². The summed E-state index contributed by atoms with van der Waals surface area (Å²) in [7, 11) is 3.99. The highest BCUT2D eigenvalue weighted by molar-refractivity contribution is 5.44. The zero-order valence-electron chi connectivity index (χ0n) is 14.9. The highest BCUT2D eigenvalue weighted by Crippen LogP contribution is 2.26. The molecule has 0 radical (unpaired) electrons. The molecule has 0 heterocycles. The van der Waals surface area contributed by atoms with Crippen molar-refractivity contribution < 1.29 is 5.11 Å². The lowest BCUT2D eigenvalue weighted by atomic mass is 10.0. The first-order chi connectivity index (χ1) is 10.8. The molecule has 0 aromatic heterocycles. The highest BCUT2D eigenvalue weighted by Gasteiger charge is 2.11. The van der Waals surface area contributed by atoms with Gasteiger partial charge in [0.05, 0.1) is 0 Å². The third kappa shape index (κ3) is 7.76. The van der Waals surface area contributed by atoms with E-state index in [1.807, 2.05) is 38.9 Å². The van der Waals surface area contributed by atoms with Gasteiger partial charge in [0, 0.05) is 55.9 Å². The van der Waals surface area contributed by atoms with Gasteiger partial charge in [-0.3, -0.25) is 0 Å². The highest BCUT2D eigenvalue weighted by atomic mass is 16.3. The van der Waals surface area contributed by atoms with Gasteiger partial charge in [0.2, 0.25) is 0 Å². The predicted molar refractivity (Wildman–Crippen MR) is 96.2 cm³/mol. The topological polar surface area (TPSA) is 99.6 Å². The Morgan fingerprint density at radius 1 is 1.00 bits per heavy atom. The van der Waals surface area contributed by atoms with E-state index in [1.54, 1.807) is 0 Å². The Kier molecular flexibility index (Phi) is 8.51. The molecule has 0 aliphatic heterocycles. The Balaban J connectivity index is 2.87. The molecule has 23 heavy (non-hydrogen) atoms. The number of phenols is 1. The summed E-state index contributed by atoms with van der Waals surface area (Å²) in [6.45, 7) is 7.46. The summed E-state index contributed by atoms with van der Waals surface area (Å²) in [4.78, 5) is 2.05. The van der Waals surface area contributed by atoms with Crippen LogP contribution in [0.3, 0.4) is 0 Å². The van der Waals surface area contributed by atoms with Crippen LogP contribution in [0.4, 0.5) is 0 Å². The maximum Gasteiger partial charge on any atom is 0.124 e. The summed E-state index contributed by atoms with van der Waals surface area (Å²) in [5.74, 6) is 0.367. The average molecular weight is 323 g/mol. The monoisotopic (exact) mass is 323 g/mol. The maximum atomic E-state index is 10.5. The van der Waals surface area contributed by atoms with Crippen LogP contribution in [0.15, 0.2) is 12.1 Å². The fraction of sp³-hybridized carbons (Fsp3) is 0.647. The Morgan fingerprint density at radius 2 is 1.52 bits per heavy atom. The Labute approximate surface area is 140 Å². The second-order valence-electron chi connectivity index (χ2n) is 6.72. The SMILES string of the molecule is CC(N)CNCc1cc(CNCC(C)N)c(O)c(CN(C)C)c1. The van der Waals surface area contributed by atoms with E-state index in [4.69, 9.17) is 11.5 Å². The molecule has 1 rings (SSSR count). The summed E-state index contributed by atoms with van der Waals surface area (Å²) in [5, 5.41) is 17.1. The van der Waals surface area contributed by atoms with E-state index < -0.39 is 0 Å². The van der Waals surface area contributed by atoms with E-state index in [1.165, 1.54) is 0 Å². The first kappa shape index (κ1) is 19.9. The Hall–Kier alpha value is -1.18. The second-order valence-corrected chi connectivity index (χ2v) is 6.72. The lowest BCUT2D eigenvalue weighted by Gasteiger charge is -2.17.